The zero-order valence-corrected chi connectivity index (χ0v) is 12.1. The van der Waals surface area contributed by atoms with Gasteiger partial charge in [0.15, 0.2) is 0 Å². The average Bonchev–Trinajstić information content (AvgIpc) is 2.97. The third-order valence-corrected chi connectivity index (χ3v) is 4.30. The molecule has 1 N–H and O–H groups in total. The molecule has 1 aromatic rings. The van der Waals surface area contributed by atoms with Crippen LogP contribution >= 0.6 is 0 Å². The van der Waals surface area contributed by atoms with Crippen molar-refractivity contribution in [1.29, 1.82) is 0 Å². The smallest absolute Gasteiger partial charge is 0.0587 e. The Bertz CT molecular complexity index is 332. The molecule has 1 aliphatic rings. The fraction of sp³-hybridized carbons (Fsp3) is 0.647. The summed E-state index contributed by atoms with van der Waals surface area (Å²) in [5, 5.41) is 3.56. The predicted octanol–water partition coefficient (Wildman–Crippen LogP) is 3.27. The Hall–Kier alpha value is -0.860. The molecular formula is C17H27NO. The molecule has 1 fully saturated rings. The molecule has 2 nitrogen and oxygen atoms in total. The summed E-state index contributed by atoms with van der Waals surface area (Å²) in [7, 11) is 1.76. The zero-order valence-electron chi connectivity index (χ0n) is 12.1. The van der Waals surface area contributed by atoms with E-state index in [2.05, 4.69) is 35.6 Å². The Morgan fingerprint density at radius 1 is 1.21 bits per heavy atom. The zero-order chi connectivity index (χ0) is 13.3. The molecule has 1 saturated carbocycles. The maximum atomic E-state index is 5.10. The van der Waals surface area contributed by atoms with Crippen molar-refractivity contribution in [3.8, 4) is 0 Å². The first-order valence-electron chi connectivity index (χ1n) is 7.63. The summed E-state index contributed by atoms with van der Waals surface area (Å²) >= 11 is 0. The first-order chi connectivity index (χ1) is 9.40. The summed E-state index contributed by atoms with van der Waals surface area (Å²) in [6.45, 7) is 2.90. The van der Waals surface area contributed by atoms with E-state index in [-0.39, 0.29) is 0 Å². The highest BCUT2D eigenvalue weighted by molar-refractivity contribution is 5.15. The van der Waals surface area contributed by atoms with E-state index in [1.54, 1.807) is 7.11 Å². The number of methoxy groups -OCH3 is 1. The Morgan fingerprint density at radius 3 is 2.63 bits per heavy atom. The molecule has 1 atom stereocenters. The van der Waals surface area contributed by atoms with Gasteiger partial charge in [-0.05, 0) is 30.4 Å². The quantitative estimate of drug-likeness (QED) is 0.725. The fourth-order valence-electron chi connectivity index (χ4n) is 3.21. The maximum Gasteiger partial charge on any atom is 0.0587 e. The van der Waals surface area contributed by atoms with Crippen LogP contribution < -0.4 is 5.32 Å². The second kappa shape index (κ2) is 8.34. The lowest BCUT2D eigenvalue weighted by atomic mass is 9.85. The molecule has 0 spiro atoms. The van der Waals surface area contributed by atoms with E-state index in [0.717, 1.165) is 31.5 Å². The van der Waals surface area contributed by atoms with Crippen LogP contribution in [0.4, 0.5) is 0 Å². The third-order valence-electron chi connectivity index (χ3n) is 4.30. The van der Waals surface area contributed by atoms with Crippen molar-refractivity contribution < 1.29 is 4.74 Å². The van der Waals surface area contributed by atoms with Gasteiger partial charge >= 0.3 is 0 Å². The molecule has 0 radical (unpaired) electrons. The number of hydrogen-bond acceptors (Lipinski definition) is 2. The second-order valence-electron chi connectivity index (χ2n) is 5.69. The van der Waals surface area contributed by atoms with Gasteiger partial charge in [-0.25, -0.2) is 0 Å². The number of benzene rings is 1. The van der Waals surface area contributed by atoms with Crippen LogP contribution in [0.3, 0.4) is 0 Å². The molecule has 2 heteroatoms. The van der Waals surface area contributed by atoms with Gasteiger partial charge in [0, 0.05) is 13.7 Å². The van der Waals surface area contributed by atoms with E-state index in [0.29, 0.717) is 0 Å². The van der Waals surface area contributed by atoms with Crippen LogP contribution in [0.5, 0.6) is 0 Å². The van der Waals surface area contributed by atoms with Gasteiger partial charge < -0.3 is 10.1 Å². The van der Waals surface area contributed by atoms with Crippen LogP contribution in [0.2, 0.25) is 0 Å². The predicted molar refractivity (Wildman–Crippen MR) is 80.3 cm³/mol. The minimum Gasteiger partial charge on any atom is -0.383 e. The lowest BCUT2D eigenvalue weighted by molar-refractivity contribution is 0.195. The first kappa shape index (κ1) is 14.5. The molecule has 0 saturated heterocycles. The van der Waals surface area contributed by atoms with Crippen LogP contribution in [0.25, 0.3) is 0 Å². The van der Waals surface area contributed by atoms with E-state index in [4.69, 9.17) is 4.74 Å². The van der Waals surface area contributed by atoms with Gasteiger partial charge in [-0.3, -0.25) is 0 Å². The molecule has 2 rings (SSSR count). The lowest BCUT2D eigenvalue weighted by Gasteiger charge is -2.24. The third kappa shape index (κ3) is 4.96. The molecule has 0 amide bonds. The number of hydrogen-bond donors (Lipinski definition) is 1. The van der Waals surface area contributed by atoms with Gasteiger partial charge in [-0.1, -0.05) is 56.0 Å². The van der Waals surface area contributed by atoms with Crippen molar-refractivity contribution in [3.05, 3.63) is 35.9 Å². The van der Waals surface area contributed by atoms with Crippen molar-refractivity contribution in [2.45, 2.75) is 32.1 Å². The topological polar surface area (TPSA) is 21.3 Å². The first-order valence-corrected chi connectivity index (χ1v) is 7.63. The minimum atomic E-state index is 0.779. The Labute approximate surface area is 117 Å². The van der Waals surface area contributed by atoms with Crippen molar-refractivity contribution in [2.75, 3.05) is 26.8 Å². The number of rotatable bonds is 8. The highest BCUT2D eigenvalue weighted by Crippen LogP contribution is 2.32. The summed E-state index contributed by atoms with van der Waals surface area (Å²) in [5.41, 5.74) is 1.48. The maximum absolute atomic E-state index is 5.10. The molecule has 1 unspecified atom stereocenters. The van der Waals surface area contributed by atoms with Gasteiger partial charge in [0.05, 0.1) is 6.61 Å². The standard InChI is InChI=1S/C17H27NO/c1-19-12-11-18-14-17(16-9-5-6-10-16)13-15-7-3-2-4-8-15/h2-4,7-8,16-18H,5-6,9-14H2,1H3. The SMILES string of the molecule is COCCNCC(Cc1ccccc1)C1CCCC1. The monoisotopic (exact) mass is 261 g/mol. The molecule has 1 aliphatic carbocycles. The largest absolute Gasteiger partial charge is 0.383 e. The average molecular weight is 261 g/mol. The lowest BCUT2D eigenvalue weighted by Crippen LogP contribution is -2.31. The molecular weight excluding hydrogens is 234 g/mol. The minimum absolute atomic E-state index is 0.779. The summed E-state index contributed by atoms with van der Waals surface area (Å²) in [6, 6.07) is 10.9. The van der Waals surface area contributed by atoms with Crippen molar-refractivity contribution >= 4 is 0 Å². The van der Waals surface area contributed by atoms with Crippen LogP contribution in [-0.4, -0.2) is 26.8 Å². The van der Waals surface area contributed by atoms with Gasteiger partial charge in [0.2, 0.25) is 0 Å². The van der Waals surface area contributed by atoms with Crippen molar-refractivity contribution in [1.82, 2.24) is 5.32 Å². The van der Waals surface area contributed by atoms with Crippen LogP contribution in [0.1, 0.15) is 31.2 Å². The Morgan fingerprint density at radius 2 is 1.95 bits per heavy atom. The molecule has 1 aromatic carbocycles. The second-order valence-corrected chi connectivity index (χ2v) is 5.69. The summed E-state index contributed by atoms with van der Waals surface area (Å²) in [6.07, 6.45) is 6.90. The molecule has 0 heterocycles. The summed E-state index contributed by atoms with van der Waals surface area (Å²) < 4.78 is 5.10. The van der Waals surface area contributed by atoms with E-state index >= 15 is 0 Å². The molecule has 0 bridgehead atoms. The van der Waals surface area contributed by atoms with Gasteiger partial charge in [0.25, 0.3) is 0 Å². The normalized spacial score (nSPS) is 17.7. The Kier molecular flexibility index (Phi) is 6.38. The molecule has 106 valence electrons. The van der Waals surface area contributed by atoms with Gasteiger partial charge in [-0.2, -0.15) is 0 Å². The van der Waals surface area contributed by atoms with Crippen LogP contribution in [0.15, 0.2) is 30.3 Å². The van der Waals surface area contributed by atoms with Crippen LogP contribution in [0, 0.1) is 11.8 Å². The summed E-state index contributed by atoms with van der Waals surface area (Å²) in [5.74, 6) is 1.69. The number of nitrogens with one attached hydrogen (secondary N) is 1. The Balaban J connectivity index is 1.86. The number of ether oxygens (including phenoxy) is 1. The van der Waals surface area contributed by atoms with Gasteiger partial charge in [-0.15, -0.1) is 0 Å². The highest BCUT2D eigenvalue weighted by Gasteiger charge is 2.24. The summed E-state index contributed by atoms with van der Waals surface area (Å²) in [4.78, 5) is 0. The van der Waals surface area contributed by atoms with Crippen LogP contribution in [-0.2, 0) is 11.2 Å². The van der Waals surface area contributed by atoms with Gasteiger partial charge in [0.1, 0.15) is 0 Å². The van der Waals surface area contributed by atoms with E-state index < -0.39 is 0 Å². The van der Waals surface area contributed by atoms with E-state index in [9.17, 15) is 0 Å². The van der Waals surface area contributed by atoms with E-state index in [1.807, 2.05) is 0 Å². The van der Waals surface area contributed by atoms with Crippen molar-refractivity contribution in [2.24, 2.45) is 11.8 Å². The highest BCUT2D eigenvalue weighted by atomic mass is 16.5. The van der Waals surface area contributed by atoms with E-state index in [1.165, 1.54) is 37.7 Å². The molecule has 19 heavy (non-hydrogen) atoms. The molecule has 0 aliphatic heterocycles. The fourth-order valence-corrected chi connectivity index (χ4v) is 3.21. The van der Waals surface area contributed by atoms with Crippen molar-refractivity contribution in [3.63, 3.8) is 0 Å². The molecule has 0 aromatic heterocycles.